The lowest BCUT2D eigenvalue weighted by atomic mass is 9.89. The van der Waals surface area contributed by atoms with Crippen molar-refractivity contribution in [2.45, 2.75) is 31.7 Å². The summed E-state index contributed by atoms with van der Waals surface area (Å²) in [4.78, 5) is 2.45. The van der Waals surface area contributed by atoms with E-state index in [2.05, 4.69) is 10.2 Å². The van der Waals surface area contributed by atoms with Crippen molar-refractivity contribution < 1.29 is 4.39 Å². The van der Waals surface area contributed by atoms with E-state index in [9.17, 15) is 4.39 Å². The maximum Gasteiger partial charge on any atom is 0.128 e. The second kappa shape index (κ2) is 6.42. The average Bonchev–Trinajstić information content (AvgIpc) is 2.98. The van der Waals surface area contributed by atoms with Gasteiger partial charge in [0.25, 0.3) is 0 Å². The van der Waals surface area contributed by atoms with E-state index in [1.165, 1.54) is 31.7 Å². The van der Waals surface area contributed by atoms with Crippen molar-refractivity contribution in [1.29, 1.82) is 0 Å². The van der Waals surface area contributed by atoms with Gasteiger partial charge in [0.2, 0.25) is 0 Å². The van der Waals surface area contributed by atoms with Crippen LogP contribution in [-0.2, 0) is 0 Å². The lowest BCUT2D eigenvalue weighted by Crippen LogP contribution is -2.46. The molecule has 0 amide bonds. The number of halogens is 2. The zero-order chi connectivity index (χ0) is 13.9. The summed E-state index contributed by atoms with van der Waals surface area (Å²) in [6, 6.07) is 5.19. The SMILES string of the molecule is Fc1ccc(Cl)cc1[C@@H](C1CCCC1)N1CCNCC1. The molecule has 20 heavy (non-hydrogen) atoms. The lowest BCUT2D eigenvalue weighted by Gasteiger charge is -2.38. The van der Waals surface area contributed by atoms with Gasteiger partial charge < -0.3 is 5.32 Å². The molecular formula is C16H22ClFN2. The molecule has 1 aliphatic heterocycles. The smallest absolute Gasteiger partial charge is 0.128 e. The minimum atomic E-state index is -0.107. The first kappa shape index (κ1) is 14.3. The minimum Gasteiger partial charge on any atom is -0.314 e. The maximum atomic E-state index is 14.3. The van der Waals surface area contributed by atoms with Gasteiger partial charge in [-0.2, -0.15) is 0 Å². The quantitative estimate of drug-likeness (QED) is 0.916. The van der Waals surface area contributed by atoms with Crippen LogP contribution in [0.15, 0.2) is 18.2 Å². The average molecular weight is 297 g/mol. The predicted molar refractivity (Wildman–Crippen MR) is 80.6 cm³/mol. The summed E-state index contributed by atoms with van der Waals surface area (Å²) >= 11 is 6.11. The molecule has 1 N–H and O–H groups in total. The topological polar surface area (TPSA) is 15.3 Å². The molecule has 110 valence electrons. The van der Waals surface area contributed by atoms with Gasteiger partial charge in [0.15, 0.2) is 0 Å². The van der Waals surface area contributed by atoms with Gasteiger partial charge in [-0.1, -0.05) is 24.4 Å². The fourth-order valence-electron chi connectivity index (χ4n) is 3.72. The van der Waals surface area contributed by atoms with Crippen LogP contribution in [0.2, 0.25) is 5.02 Å². The molecule has 0 spiro atoms. The van der Waals surface area contributed by atoms with E-state index >= 15 is 0 Å². The first-order valence-corrected chi connectivity index (χ1v) is 8.03. The molecular weight excluding hydrogens is 275 g/mol. The van der Waals surface area contributed by atoms with Crippen LogP contribution in [0.1, 0.15) is 37.3 Å². The second-order valence-electron chi connectivity index (χ2n) is 5.94. The summed E-state index contributed by atoms with van der Waals surface area (Å²) in [5.74, 6) is 0.464. The Hall–Kier alpha value is -0.640. The van der Waals surface area contributed by atoms with Crippen LogP contribution in [-0.4, -0.2) is 31.1 Å². The molecule has 4 heteroatoms. The highest BCUT2D eigenvalue weighted by Gasteiger charge is 2.33. The van der Waals surface area contributed by atoms with E-state index in [0.29, 0.717) is 10.9 Å². The number of rotatable bonds is 3. The Morgan fingerprint density at radius 1 is 1.20 bits per heavy atom. The number of hydrogen-bond donors (Lipinski definition) is 1. The molecule has 1 saturated carbocycles. The largest absolute Gasteiger partial charge is 0.314 e. The third-order valence-corrected chi connectivity index (χ3v) is 4.90. The molecule has 1 aromatic rings. The number of benzene rings is 1. The van der Waals surface area contributed by atoms with Crippen LogP contribution in [0.3, 0.4) is 0 Å². The van der Waals surface area contributed by atoms with Crippen molar-refractivity contribution in [3.8, 4) is 0 Å². The Labute approximate surface area is 125 Å². The van der Waals surface area contributed by atoms with Crippen molar-refractivity contribution in [1.82, 2.24) is 10.2 Å². The number of nitrogens with one attached hydrogen (secondary N) is 1. The van der Waals surface area contributed by atoms with Crippen molar-refractivity contribution in [2.24, 2.45) is 5.92 Å². The summed E-state index contributed by atoms with van der Waals surface area (Å²) in [6.07, 6.45) is 4.96. The van der Waals surface area contributed by atoms with Crippen LogP contribution in [0.4, 0.5) is 4.39 Å². The van der Waals surface area contributed by atoms with Crippen molar-refractivity contribution >= 4 is 11.6 Å². The van der Waals surface area contributed by atoms with Crippen molar-refractivity contribution in [3.05, 3.63) is 34.6 Å². The highest BCUT2D eigenvalue weighted by Crippen LogP contribution is 2.41. The molecule has 1 saturated heterocycles. The fourth-order valence-corrected chi connectivity index (χ4v) is 3.90. The molecule has 1 heterocycles. The van der Waals surface area contributed by atoms with Crippen molar-refractivity contribution in [3.63, 3.8) is 0 Å². The standard InChI is InChI=1S/C16H22ClFN2/c17-13-5-6-15(18)14(11-13)16(12-3-1-2-4-12)20-9-7-19-8-10-20/h5-6,11-12,16,19H,1-4,7-10H2/t16-/m1/s1. The van der Waals surface area contributed by atoms with E-state index in [0.717, 1.165) is 31.7 Å². The Morgan fingerprint density at radius 3 is 2.60 bits per heavy atom. The fraction of sp³-hybridized carbons (Fsp3) is 0.625. The van der Waals surface area contributed by atoms with E-state index in [-0.39, 0.29) is 11.9 Å². The van der Waals surface area contributed by atoms with Gasteiger partial charge >= 0.3 is 0 Å². The van der Waals surface area contributed by atoms with Crippen LogP contribution in [0, 0.1) is 11.7 Å². The second-order valence-corrected chi connectivity index (χ2v) is 6.38. The van der Waals surface area contributed by atoms with Gasteiger partial charge in [0.1, 0.15) is 5.82 Å². The van der Waals surface area contributed by atoms with E-state index in [1.807, 2.05) is 6.07 Å². The highest BCUT2D eigenvalue weighted by atomic mass is 35.5. The molecule has 0 aromatic heterocycles. The normalized spacial score (nSPS) is 23.1. The summed E-state index contributed by atoms with van der Waals surface area (Å²) < 4.78 is 14.3. The summed E-state index contributed by atoms with van der Waals surface area (Å²) in [5, 5.41) is 4.01. The van der Waals surface area contributed by atoms with Gasteiger partial charge in [0.05, 0.1) is 0 Å². The van der Waals surface area contributed by atoms with Crippen LogP contribution in [0.25, 0.3) is 0 Å². The molecule has 1 aliphatic carbocycles. The first-order chi connectivity index (χ1) is 9.75. The van der Waals surface area contributed by atoms with E-state index in [1.54, 1.807) is 6.07 Å². The van der Waals surface area contributed by atoms with Gasteiger partial charge in [0, 0.05) is 42.8 Å². The molecule has 0 unspecified atom stereocenters. The molecule has 1 aromatic carbocycles. The highest BCUT2D eigenvalue weighted by molar-refractivity contribution is 6.30. The van der Waals surface area contributed by atoms with Crippen LogP contribution >= 0.6 is 11.6 Å². The molecule has 0 bridgehead atoms. The van der Waals surface area contributed by atoms with Crippen molar-refractivity contribution in [2.75, 3.05) is 26.2 Å². The zero-order valence-corrected chi connectivity index (χ0v) is 12.5. The predicted octanol–water partition coefficient (Wildman–Crippen LogP) is 3.62. The Balaban J connectivity index is 1.92. The number of nitrogens with zero attached hydrogens (tertiary/aromatic N) is 1. The van der Waals surface area contributed by atoms with Gasteiger partial charge in [-0.25, -0.2) is 4.39 Å². The first-order valence-electron chi connectivity index (χ1n) is 7.65. The molecule has 0 radical (unpaired) electrons. The molecule has 2 nitrogen and oxygen atoms in total. The summed E-state index contributed by atoms with van der Waals surface area (Å²) in [5.41, 5.74) is 0.798. The lowest BCUT2D eigenvalue weighted by molar-refractivity contribution is 0.122. The zero-order valence-electron chi connectivity index (χ0n) is 11.7. The Kier molecular flexibility index (Phi) is 4.59. The molecule has 2 aliphatic rings. The summed E-state index contributed by atoms with van der Waals surface area (Å²) in [7, 11) is 0. The maximum absolute atomic E-state index is 14.3. The Bertz CT molecular complexity index is 454. The molecule has 2 fully saturated rings. The van der Waals surface area contributed by atoms with Crippen LogP contribution in [0.5, 0.6) is 0 Å². The third kappa shape index (κ3) is 3.00. The third-order valence-electron chi connectivity index (χ3n) is 4.67. The summed E-state index contributed by atoms with van der Waals surface area (Å²) in [6.45, 7) is 3.97. The molecule has 3 rings (SSSR count). The van der Waals surface area contributed by atoms with E-state index in [4.69, 9.17) is 11.6 Å². The van der Waals surface area contributed by atoms with E-state index < -0.39 is 0 Å². The number of hydrogen-bond acceptors (Lipinski definition) is 2. The monoisotopic (exact) mass is 296 g/mol. The minimum absolute atomic E-state index is 0.107. The van der Waals surface area contributed by atoms with Gasteiger partial charge in [-0.05, 0) is 37.0 Å². The van der Waals surface area contributed by atoms with Gasteiger partial charge in [-0.15, -0.1) is 0 Å². The number of piperazine rings is 1. The van der Waals surface area contributed by atoms with Crippen LogP contribution < -0.4 is 5.32 Å². The van der Waals surface area contributed by atoms with Gasteiger partial charge in [-0.3, -0.25) is 4.90 Å². The molecule has 1 atom stereocenters. The Morgan fingerprint density at radius 2 is 1.90 bits per heavy atom.